The van der Waals surface area contributed by atoms with E-state index in [1.165, 1.54) is 0 Å². The summed E-state index contributed by atoms with van der Waals surface area (Å²) < 4.78 is 13.4. The van der Waals surface area contributed by atoms with Gasteiger partial charge >= 0.3 is 0 Å². The largest absolute Gasteiger partial charge is 0.379 e. The van der Waals surface area contributed by atoms with Crippen LogP contribution in [0, 0.1) is 5.92 Å². The van der Waals surface area contributed by atoms with E-state index in [9.17, 15) is 9.90 Å². The molecule has 8 nitrogen and oxygen atoms in total. The summed E-state index contributed by atoms with van der Waals surface area (Å²) in [5.74, 6) is 2.01. The van der Waals surface area contributed by atoms with Crippen molar-refractivity contribution in [1.82, 2.24) is 19.6 Å². The molecule has 1 spiro atoms. The molecule has 2 unspecified atom stereocenters. The van der Waals surface area contributed by atoms with Crippen molar-refractivity contribution in [2.45, 2.75) is 56.7 Å². The van der Waals surface area contributed by atoms with E-state index in [1.807, 2.05) is 22.7 Å². The van der Waals surface area contributed by atoms with Gasteiger partial charge < -0.3 is 23.8 Å². The van der Waals surface area contributed by atoms with Crippen LogP contribution in [0.2, 0.25) is 0 Å². The number of nitrogens with zero attached hydrogens (tertiary/aromatic N) is 4. The van der Waals surface area contributed by atoms with Crippen LogP contribution in [-0.2, 0) is 30.2 Å². The highest BCUT2D eigenvalue weighted by Crippen LogP contribution is 2.45. The minimum atomic E-state index is -1.08. The number of aryl methyl sites for hydroxylation is 2. The number of likely N-dealkylation sites (tertiary alicyclic amines) is 1. The Morgan fingerprint density at radius 1 is 1.34 bits per heavy atom. The molecule has 4 heterocycles. The van der Waals surface area contributed by atoms with Gasteiger partial charge in [0.05, 0.1) is 12.2 Å². The Labute approximate surface area is 169 Å². The maximum Gasteiger partial charge on any atom is 0.276 e. The monoisotopic (exact) mass is 400 g/mol. The molecule has 0 aromatic carbocycles. The Kier molecular flexibility index (Phi) is 4.33. The van der Waals surface area contributed by atoms with E-state index >= 15 is 0 Å². The molecule has 0 saturated carbocycles. The molecule has 0 bridgehead atoms. The summed E-state index contributed by atoms with van der Waals surface area (Å²) in [6.45, 7) is 3.62. The van der Waals surface area contributed by atoms with Crippen molar-refractivity contribution in [3.63, 3.8) is 0 Å². The zero-order valence-corrected chi connectivity index (χ0v) is 17.1. The maximum atomic E-state index is 13.1. The highest BCUT2D eigenvalue weighted by Gasteiger charge is 2.52. The minimum absolute atomic E-state index is 0.0451. The van der Waals surface area contributed by atoms with Crippen LogP contribution in [0.25, 0.3) is 0 Å². The SMILES string of the molecule is CC1CCc2onc(C(=O)N3CCC4(CC3)CC(O)(c3nccn3C)CO4)c2C1. The first kappa shape index (κ1) is 18.8. The summed E-state index contributed by atoms with van der Waals surface area (Å²) in [4.78, 5) is 19.3. The third kappa shape index (κ3) is 3.09. The van der Waals surface area contributed by atoms with Crippen LogP contribution < -0.4 is 0 Å². The molecule has 1 N–H and O–H groups in total. The molecule has 156 valence electrons. The number of carbonyl (C=O) groups is 1. The number of hydrogen-bond acceptors (Lipinski definition) is 6. The average Bonchev–Trinajstić information content (AvgIpc) is 3.40. The smallest absolute Gasteiger partial charge is 0.276 e. The van der Waals surface area contributed by atoms with Crippen molar-refractivity contribution < 1.29 is 19.2 Å². The summed E-state index contributed by atoms with van der Waals surface area (Å²) in [5.41, 5.74) is -0.00395. The molecule has 2 fully saturated rings. The molecule has 2 aromatic heterocycles. The van der Waals surface area contributed by atoms with Gasteiger partial charge in [0.15, 0.2) is 5.69 Å². The van der Waals surface area contributed by atoms with E-state index in [-0.39, 0.29) is 12.5 Å². The molecule has 29 heavy (non-hydrogen) atoms. The predicted octanol–water partition coefficient (Wildman–Crippen LogP) is 1.82. The summed E-state index contributed by atoms with van der Waals surface area (Å²) in [6, 6.07) is 0. The fraction of sp³-hybridized carbons (Fsp3) is 0.667. The van der Waals surface area contributed by atoms with Crippen LogP contribution in [0.3, 0.4) is 0 Å². The summed E-state index contributed by atoms with van der Waals surface area (Å²) in [5, 5.41) is 15.2. The third-order valence-electron chi connectivity index (χ3n) is 6.92. The number of amides is 1. The van der Waals surface area contributed by atoms with Gasteiger partial charge in [-0.25, -0.2) is 4.98 Å². The maximum absolute atomic E-state index is 13.1. The number of ether oxygens (including phenoxy) is 1. The van der Waals surface area contributed by atoms with Crippen molar-refractivity contribution in [3.05, 3.63) is 35.2 Å². The molecule has 2 aromatic rings. The van der Waals surface area contributed by atoms with Crippen molar-refractivity contribution >= 4 is 5.91 Å². The average molecular weight is 400 g/mol. The lowest BCUT2D eigenvalue weighted by Crippen LogP contribution is -2.47. The molecule has 1 aliphatic carbocycles. The van der Waals surface area contributed by atoms with Gasteiger partial charge in [0.25, 0.3) is 5.91 Å². The lowest BCUT2D eigenvalue weighted by Gasteiger charge is -2.38. The number of aromatic nitrogens is 3. The number of piperidine rings is 1. The van der Waals surface area contributed by atoms with Crippen LogP contribution in [0.4, 0.5) is 0 Å². The lowest BCUT2D eigenvalue weighted by atomic mass is 9.83. The molecule has 5 rings (SSSR count). The van der Waals surface area contributed by atoms with E-state index in [1.54, 1.807) is 6.20 Å². The highest BCUT2D eigenvalue weighted by atomic mass is 16.5. The Balaban J connectivity index is 1.27. The molecule has 2 aliphatic heterocycles. The van der Waals surface area contributed by atoms with E-state index in [4.69, 9.17) is 9.26 Å². The predicted molar refractivity (Wildman–Crippen MR) is 103 cm³/mol. The van der Waals surface area contributed by atoms with Crippen LogP contribution in [0.5, 0.6) is 0 Å². The van der Waals surface area contributed by atoms with Gasteiger partial charge in [-0.1, -0.05) is 12.1 Å². The number of hydrogen-bond donors (Lipinski definition) is 1. The van der Waals surface area contributed by atoms with Crippen LogP contribution in [0.1, 0.15) is 60.2 Å². The quantitative estimate of drug-likeness (QED) is 0.826. The fourth-order valence-corrected chi connectivity index (χ4v) is 5.20. The lowest BCUT2D eigenvalue weighted by molar-refractivity contribution is -0.0439. The molecular formula is C21H28N4O4. The molecule has 0 radical (unpaired) electrons. The van der Waals surface area contributed by atoms with Gasteiger partial charge in [0.1, 0.15) is 17.2 Å². The Hall–Kier alpha value is -2.19. The first-order chi connectivity index (χ1) is 13.9. The molecule has 2 saturated heterocycles. The first-order valence-corrected chi connectivity index (χ1v) is 10.5. The standard InChI is InChI=1S/C21H28N4O4/c1-14-3-4-16-15(11-14)17(23-29-16)18(26)25-8-5-20(6-9-25)12-21(27,13-28-20)19-22-7-10-24(19)2/h7,10,14,27H,3-6,8-9,11-13H2,1-2H3. The third-order valence-corrected chi connectivity index (χ3v) is 6.92. The van der Waals surface area contributed by atoms with E-state index in [0.717, 1.165) is 30.6 Å². The van der Waals surface area contributed by atoms with Crippen LogP contribution in [-0.4, -0.2) is 55.9 Å². The van der Waals surface area contributed by atoms with Crippen molar-refractivity contribution in [2.24, 2.45) is 13.0 Å². The van der Waals surface area contributed by atoms with Gasteiger partial charge in [-0.05, 0) is 31.6 Å². The van der Waals surface area contributed by atoms with E-state index < -0.39 is 11.2 Å². The number of aliphatic hydroxyl groups is 1. The highest BCUT2D eigenvalue weighted by molar-refractivity contribution is 5.94. The van der Waals surface area contributed by atoms with Gasteiger partial charge in [-0.2, -0.15) is 0 Å². The van der Waals surface area contributed by atoms with Crippen LogP contribution in [0.15, 0.2) is 16.9 Å². The normalized spacial score (nSPS) is 28.7. The number of carbonyl (C=O) groups excluding carboxylic acids is 1. The zero-order chi connectivity index (χ0) is 20.2. The zero-order valence-electron chi connectivity index (χ0n) is 17.1. The Morgan fingerprint density at radius 3 is 2.86 bits per heavy atom. The second-order valence-corrected chi connectivity index (χ2v) is 9.11. The number of imidazole rings is 1. The number of rotatable bonds is 2. The summed E-state index contributed by atoms with van der Waals surface area (Å²) in [6.07, 6.45) is 8.22. The molecular weight excluding hydrogens is 372 g/mol. The van der Waals surface area contributed by atoms with Gasteiger partial charge in [0.2, 0.25) is 0 Å². The number of fused-ring (bicyclic) bond motifs is 1. The minimum Gasteiger partial charge on any atom is -0.379 e. The van der Waals surface area contributed by atoms with Crippen molar-refractivity contribution in [2.75, 3.05) is 19.7 Å². The molecule has 2 atom stereocenters. The Bertz CT molecular complexity index is 927. The van der Waals surface area contributed by atoms with Gasteiger partial charge in [-0.15, -0.1) is 0 Å². The van der Waals surface area contributed by atoms with E-state index in [2.05, 4.69) is 17.1 Å². The van der Waals surface area contributed by atoms with E-state index in [0.29, 0.717) is 49.8 Å². The van der Waals surface area contributed by atoms with Gasteiger partial charge in [-0.3, -0.25) is 4.79 Å². The summed E-state index contributed by atoms with van der Waals surface area (Å²) in [7, 11) is 1.88. The van der Waals surface area contributed by atoms with Crippen LogP contribution >= 0.6 is 0 Å². The second kappa shape index (κ2) is 6.67. The van der Waals surface area contributed by atoms with Crippen molar-refractivity contribution in [1.29, 1.82) is 0 Å². The molecule has 3 aliphatic rings. The topological polar surface area (TPSA) is 93.6 Å². The first-order valence-electron chi connectivity index (χ1n) is 10.5. The molecule has 1 amide bonds. The van der Waals surface area contributed by atoms with Gasteiger partial charge in [0, 0.05) is 50.9 Å². The molecule has 8 heteroatoms. The summed E-state index contributed by atoms with van der Waals surface area (Å²) >= 11 is 0. The van der Waals surface area contributed by atoms with Crippen molar-refractivity contribution in [3.8, 4) is 0 Å². The Morgan fingerprint density at radius 2 is 2.14 bits per heavy atom. The second-order valence-electron chi connectivity index (χ2n) is 9.11. The fourth-order valence-electron chi connectivity index (χ4n) is 5.20.